The van der Waals surface area contributed by atoms with Crippen molar-refractivity contribution in [2.75, 3.05) is 26.8 Å². The van der Waals surface area contributed by atoms with Crippen LogP contribution in [0, 0.1) is 5.92 Å². The molecular formula is C20H22N4O2. The Hall–Kier alpha value is -2.73. The molecule has 0 spiro atoms. The fourth-order valence-electron chi connectivity index (χ4n) is 3.38. The van der Waals surface area contributed by atoms with Crippen LogP contribution in [-0.4, -0.2) is 52.4 Å². The fourth-order valence-corrected chi connectivity index (χ4v) is 3.38. The number of carbonyl (C=O) groups excluding carboxylic acids is 1. The van der Waals surface area contributed by atoms with E-state index in [4.69, 9.17) is 4.74 Å². The molecule has 0 N–H and O–H groups in total. The average Bonchev–Trinajstić information content (AvgIpc) is 3.32. The Kier molecular flexibility index (Phi) is 4.67. The Bertz CT molecular complexity index is 901. The highest BCUT2D eigenvalue weighted by molar-refractivity contribution is 5.96. The van der Waals surface area contributed by atoms with Crippen LogP contribution in [0.3, 0.4) is 0 Å². The summed E-state index contributed by atoms with van der Waals surface area (Å²) in [4.78, 5) is 19.0. The highest BCUT2D eigenvalue weighted by Gasteiger charge is 2.21. The number of hydrogen-bond acceptors (Lipinski definition) is 4. The number of pyridine rings is 1. The van der Waals surface area contributed by atoms with E-state index in [-0.39, 0.29) is 5.91 Å². The highest BCUT2D eigenvalue weighted by Crippen LogP contribution is 2.18. The van der Waals surface area contributed by atoms with E-state index < -0.39 is 0 Å². The molecule has 1 fully saturated rings. The molecule has 1 saturated heterocycles. The smallest absolute Gasteiger partial charge is 0.255 e. The Labute approximate surface area is 152 Å². The first kappa shape index (κ1) is 16.7. The Balaban J connectivity index is 1.51. The van der Waals surface area contributed by atoms with Gasteiger partial charge in [-0.05, 0) is 18.1 Å². The molecule has 4 rings (SSSR count). The Morgan fingerprint density at radius 1 is 1.31 bits per heavy atom. The topological polar surface area (TPSA) is 60.2 Å². The lowest BCUT2D eigenvalue weighted by molar-refractivity contribution is 0.0766. The second-order valence-corrected chi connectivity index (χ2v) is 6.84. The monoisotopic (exact) mass is 350 g/mol. The molecule has 3 heterocycles. The molecule has 0 aliphatic carbocycles. The number of rotatable bonds is 5. The second-order valence-electron chi connectivity index (χ2n) is 6.84. The zero-order valence-electron chi connectivity index (χ0n) is 14.8. The number of fused-ring (bicyclic) bond motifs is 1. The number of nitrogens with zero attached hydrogens (tertiary/aromatic N) is 4. The number of carbonyl (C=O) groups is 1. The molecule has 134 valence electrons. The van der Waals surface area contributed by atoms with Crippen molar-refractivity contribution in [1.29, 1.82) is 0 Å². The van der Waals surface area contributed by atoms with Crippen LogP contribution in [0.5, 0.6) is 0 Å². The predicted molar refractivity (Wildman–Crippen MR) is 99.0 cm³/mol. The lowest BCUT2D eigenvalue weighted by Gasteiger charge is -2.20. The number of benzene rings is 1. The first-order valence-electron chi connectivity index (χ1n) is 8.89. The summed E-state index contributed by atoms with van der Waals surface area (Å²) in [5.74, 6) is 0.413. The molecule has 1 aromatic carbocycles. The minimum Gasteiger partial charge on any atom is -0.381 e. The first-order valence-corrected chi connectivity index (χ1v) is 8.89. The van der Waals surface area contributed by atoms with Crippen LogP contribution in [0.1, 0.15) is 22.3 Å². The lowest BCUT2D eigenvalue weighted by atomic mass is 10.1. The van der Waals surface area contributed by atoms with Gasteiger partial charge in [0.05, 0.1) is 24.9 Å². The molecule has 1 amide bonds. The third-order valence-corrected chi connectivity index (χ3v) is 4.80. The van der Waals surface area contributed by atoms with Crippen LogP contribution in [0.25, 0.3) is 11.0 Å². The van der Waals surface area contributed by atoms with E-state index in [2.05, 4.69) is 22.2 Å². The van der Waals surface area contributed by atoms with Crippen molar-refractivity contribution in [1.82, 2.24) is 19.7 Å². The first-order chi connectivity index (χ1) is 12.7. The van der Waals surface area contributed by atoms with Gasteiger partial charge in [-0.15, -0.1) is 0 Å². The van der Waals surface area contributed by atoms with Gasteiger partial charge in [-0.2, -0.15) is 5.10 Å². The van der Waals surface area contributed by atoms with Crippen LogP contribution < -0.4 is 0 Å². The second kappa shape index (κ2) is 7.25. The van der Waals surface area contributed by atoms with Crippen LogP contribution in [-0.2, 0) is 11.3 Å². The van der Waals surface area contributed by atoms with Gasteiger partial charge in [0.1, 0.15) is 0 Å². The summed E-state index contributed by atoms with van der Waals surface area (Å²) >= 11 is 0. The summed E-state index contributed by atoms with van der Waals surface area (Å²) in [5, 5.41) is 5.31. The van der Waals surface area contributed by atoms with Gasteiger partial charge in [0.2, 0.25) is 0 Å². The summed E-state index contributed by atoms with van der Waals surface area (Å²) in [7, 11) is 1.84. The van der Waals surface area contributed by atoms with Crippen LogP contribution in [0.4, 0.5) is 0 Å². The van der Waals surface area contributed by atoms with Gasteiger partial charge in [0.15, 0.2) is 5.65 Å². The lowest BCUT2D eigenvalue weighted by Crippen LogP contribution is -2.32. The zero-order chi connectivity index (χ0) is 17.9. The van der Waals surface area contributed by atoms with Crippen molar-refractivity contribution >= 4 is 16.9 Å². The summed E-state index contributed by atoms with van der Waals surface area (Å²) in [6.45, 7) is 2.90. The van der Waals surface area contributed by atoms with Gasteiger partial charge in [-0.25, -0.2) is 9.67 Å². The molecule has 3 aromatic rings. The SMILES string of the molecule is CN(C[C@@H]1CCOC1)C(=O)c1cnc2c(cnn2Cc2ccccc2)c1. The standard InChI is InChI=1S/C20H22N4O2/c1-23(12-16-7-8-26-14-16)20(25)18-9-17-11-22-24(19(17)21-10-18)13-15-5-3-2-4-6-15/h2-6,9-11,16H,7-8,12-14H2,1H3/t16-/m0/s1. The number of amides is 1. The molecule has 0 saturated carbocycles. The van der Waals surface area contributed by atoms with Crippen LogP contribution >= 0.6 is 0 Å². The van der Waals surface area contributed by atoms with E-state index in [0.717, 1.165) is 36.2 Å². The van der Waals surface area contributed by atoms with E-state index >= 15 is 0 Å². The van der Waals surface area contributed by atoms with Crippen molar-refractivity contribution < 1.29 is 9.53 Å². The maximum atomic E-state index is 12.7. The van der Waals surface area contributed by atoms with Crippen molar-refractivity contribution in [3.05, 3.63) is 59.9 Å². The maximum Gasteiger partial charge on any atom is 0.255 e. The third-order valence-electron chi connectivity index (χ3n) is 4.80. The van der Waals surface area contributed by atoms with Crippen LogP contribution in [0.2, 0.25) is 0 Å². The summed E-state index contributed by atoms with van der Waals surface area (Å²) < 4.78 is 7.25. The van der Waals surface area contributed by atoms with Gasteiger partial charge in [-0.1, -0.05) is 30.3 Å². The minimum absolute atomic E-state index is 0.0119. The predicted octanol–water partition coefficient (Wildman–Crippen LogP) is 2.59. The quantitative estimate of drug-likeness (QED) is 0.710. The Morgan fingerprint density at radius 3 is 2.92 bits per heavy atom. The number of ether oxygens (including phenoxy) is 1. The molecule has 26 heavy (non-hydrogen) atoms. The summed E-state index contributed by atoms with van der Waals surface area (Å²) in [6, 6.07) is 12.0. The molecule has 6 heteroatoms. The molecule has 1 aliphatic heterocycles. The molecule has 2 aromatic heterocycles. The number of hydrogen-bond donors (Lipinski definition) is 0. The van der Waals surface area contributed by atoms with E-state index in [1.165, 1.54) is 0 Å². The molecule has 1 atom stereocenters. The van der Waals surface area contributed by atoms with Crippen molar-refractivity contribution in [3.63, 3.8) is 0 Å². The third kappa shape index (κ3) is 3.46. The maximum absolute atomic E-state index is 12.7. The van der Waals surface area contributed by atoms with E-state index in [9.17, 15) is 4.79 Å². The van der Waals surface area contributed by atoms with Crippen molar-refractivity contribution in [2.24, 2.45) is 5.92 Å². The largest absolute Gasteiger partial charge is 0.381 e. The van der Waals surface area contributed by atoms with Gasteiger partial charge in [-0.3, -0.25) is 4.79 Å². The van der Waals surface area contributed by atoms with Crippen molar-refractivity contribution in [2.45, 2.75) is 13.0 Å². The van der Waals surface area contributed by atoms with Gasteiger partial charge < -0.3 is 9.64 Å². The van der Waals surface area contributed by atoms with Crippen molar-refractivity contribution in [3.8, 4) is 0 Å². The van der Waals surface area contributed by atoms with Gasteiger partial charge >= 0.3 is 0 Å². The average molecular weight is 350 g/mol. The van der Waals surface area contributed by atoms with Crippen LogP contribution in [0.15, 0.2) is 48.8 Å². The minimum atomic E-state index is -0.0119. The highest BCUT2D eigenvalue weighted by atomic mass is 16.5. The fraction of sp³-hybridized carbons (Fsp3) is 0.350. The molecule has 0 bridgehead atoms. The van der Waals surface area contributed by atoms with E-state index in [0.29, 0.717) is 24.6 Å². The number of aromatic nitrogens is 3. The summed E-state index contributed by atoms with van der Waals surface area (Å²) in [6.07, 6.45) is 4.43. The molecule has 6 nitrogen and oxygen atoms in total. The Morgan fingerprint density at radius 2 is 2.15 bits per heavy atom. The van der Waals surface area contributed by atoms with Gasteiger partial charge in [0.25, 0.3) is 5.91 Å². The van der Waals surface area contributed by atoms with Gasteiger partial charge in [0, 0.05) is 37.7 Å². The molecule has 1 aliphatic rings. The van der Waals surface area contributed by atoms with E-state index in [1.54, 1.807) is 17.3 Å². The molecule has 0 unspecified atom stereocenters. The normalized spacial score (nSPS) is 16.9. The summed E-state index contributed by atoms with van der Waals surface area (Å²) in [5.41, 5.74) is 2.55. The van der Waals surface area contributed by atoms with E-state index in [1.807, 2.05) is 36.0 Å². The molecule has 0 radical (unpaired) electrons. The molecular weight excluding hydrogens is 328 g/mol. The zero-order valence-corrected chi connectivity index (χ0v) is 14.8.